The maximum absolute atomic E-state index is 12.8. The highest BCUT2D eigenvalue weighted by Crippen LogP contribution is 2.38. The number of sulfonamides is 1. The van der Waals surface area contributed by atoms with Crippen LogP contribution < -0.4 is 14.8 Å². The summed E-state index contributed by atoms with van der Waals surface area (Å²) in [6.45, 7) is 1.62. The number of aliphatic hydroxyl groups is 1. The number of amides is 2. The van der Waals surface area contributed by atoms with Crippen LogP contribution in [0.2, 0.25) is 0 Å². The Kier molecular flexibility index (Phi) is 4.33. The minimum Gasteiger partial charge on any atom is -0.474 e. The van der Waals surface area contributed by atoms with Crippen molar-refractivity contribution in [2.45, 2.75) is 62.5 Å². The summed E-state index contributed by atoms with van der Waals surface area (Å²) in [5, 5.41) is 16.9. The van der Waals surface area contributed by atoms with E-state index in [1.54, 1.807) is 6.92 Å². The summed E-state index contributed by atoms with van der Waals surface area (Å²) in [5.41, 5.74) is 4.38. The first-order chi connectivity index (χ1) is 14.2. The fourth-order valence-corrected chi connectivity index (χ4v) is 5.66. The Labute approximate surface area is 174 Å². The zero-order chi connectivity index (χ0) is 21.1. The zero-order valence-corrected chi connectivity index (χ0v) is 17.5. The van der Waals surface area contributed by atoms with Gasteiger partial charge in [-0.25, -0.2) is 22.6 Å². The van der Waals surface area contributed by atoms with Crippen LogP contribution in [-0.4, -0.2) is 41.5 Å². The molecule has 10 heteroatoms. The fraction of sp³-hybridized carbons (Fsp3) is 0.500. The first-order valence-electron chi connectivity index (χ1n) is 10.1. The maximum atomic E-state index is 12.8. The number of anilines is 1. The smallest absolute Gasteiger partial charge is 0.333 e. The number of aryl methyl sites for hydroxylation is 2. The van der Waals surface area contributed by atoms with Crippen molar-refractivity contribution in [3.8, 4) is 5.88 Å². The molecule has 1 aliphatic heterocycles. The molecule has 2 heterocycles. The van der Waals surface area contributed by atoms with Crippen molar-refractivity contribution in [2.75, 3.05) is 11.9 Å². The van der Waals surface area contributed by atoms with E-state index in [9.17, 15) is 18.3 Å². The van der Waals surface area contributed by atoms with Gasteiger partial charge in [-0.05, 0) is 67.7 Å². The molecule has 160 valence electrons. The average Bonchev–Trinajstić information content (AvgIpc) is 3.38. The van der Waals surface area contributed by atoms with E-state index in [0.717, 1.165) is 61.5 Å². The van der Waals surface area contributed by atoms with Crippen molar-refractivity contribution in [3.63, 3.8) is 0 Å². The second kappa shape index (κ2) is 6.71. The molecule has 3 aliphatic rings. The largest absolute Gasteiger partial charge is 0.474 e. The predicted octanol–water partition coefficient (Wildman–Crippen LogP) is 1.51. The number of nitrogens with one attached hydrogen (secondary N) is 2. The Morgan fingerprint density at radius 1 is 1.20 bits per heavy atom. The van der Waals surface area contributed by atoms with Gasteiger partial charge in [-0.3, -0.25) is 0 Å². The van der Waals surface area contributed by atoms with E-state index >= 15 is 0 Å². The van der Waals surface area contributed by atoms with Gasteiger partial charge < -0.3 is 15.2 Å². The number of nitrogens with zero attached hydrogens (tertiary/aromatic N) is 2. The predicted molar refractivity (Wildman–Crippen MR) is 108 cm³/mol. The number of aromatic nitrogens is 2. The van der Waals surface area contributed by atoms with Crippen molar-refractivity contribution >= 4 is 21.7 Å². The van der Waals surface area contributed by atoms with Gasteiger partial charge in [0.15, 0.2) is 4.90 Å². The number of carbonyl (C=O) groups is 1. The van der Waals surface area contributed by atoms with Crippen LogP contribution in [0.1, 0.15) is 42.0 Å². The summed E-state index contributed by atoms with van der Waals surface area (Å²) in [4.78, 5) is 12.5. The molecule has 0 saturated heterocycles. The highest BCUT2D eigenvalue weighted by molar-refractivity contribution is 7.90. The summed E-state index contributed by atoms with van der Waals surface area (Å²) >= 11 is 0. The van der Waals surface area contributed by atoms with Crippen molar-refractivity contribution in [2.24, 2.45) is 0 Å². The van der Waals surface area contributed by atoms with Gasteiger partial charge in [-0.2, -0.15) is 5.10 Å². The summed E-state index contributed by atoms with van der Waals surface area (Å²) in [6, 6.07) is 1.45. The highest BCUT2D eigenvalue weighted by Gasteiger charge is 2.35. The first kappa shape index (κ1) is 19.4. The Hall–Kier alpha value is -2.59. The Morgan fingerprint density at radius 2 is 1.87 bits per heavy atom. The zero-order valence-electron chi connectivity index (χ0n) is 16.7. The molecule has 3 N–H and O–H groups in total. The molecule has 0 bridgehead atoms. The maximum Gasteiger partial charge on any atom is 0.333 e. The quantitative estimate of drug-likeness (QED) is 0.676. The van der Waals surface area contributed by atoms with E-state index < -0.39 is 21.7 Å². The van der Waals surface area contributed by atoms with E-state index in [1.165, 1.54) is 15.8 Å². The molecule has 2 aliphatic carbocycles. The number of hydrogen-bond donors (Lipinski definition) is 3. The molecule has 1 aromatic heterocycles. The number of fused-ring (bicyclic) bond motifs is 3. The Morgan fingerprint density at radius 3 is 2.53 bits per heavy atom. The molecule has 0 fully saturated rings. The lowest BCUT2D eigenvalue weighted by Gasteiger charge is -2.29. The lowest BCUT2D eigenvalue weighted by molar-refractivity contribution is -0.0325. The minimum atomic E-state index is -4.20. The first-order valence-corrected chi connectivity index (χ1v) is 11.6. The van der Waals surface area contributed by atoms with Crippen LogP contribution >= 0.6 is 0 Å². The molecule has 1 aromatic carbocycles. The van der Waals surface area contributed by atoms with Gasteiger partial charge in [-0.15, -0.1) is 0 Å². The average molecular weight is 433 g/mol. The SMILES string of the molecule is CC1(O)COc2c(S(=O)(=O)NC(=O)Nc3c4c(cc5c3CCC5)CCC4)cnn2C1. The molecule has 1 atom stereocenters. The van der Waals surface area contributed by atoms with Crippen molar-refractivity contribution in [3.05, 3.63) is 34.5 Å². The molecule has 0 saturated carbocycles. The molecule has 30 heavy (non-hydrogen) atoms. The molecule has 0 radical (unpaired) electrons. The second-order valence-corrected chi connectivity index (χ2v) is 10.2. The fourth-order valence-electron chi connectivity index (χ4n) is 4.67. The molecular weight excluding hydrogens is 408 g/mol. The van der Waals surface area contributed by atoms with Crippen molar-refractivity contribution < 1.29 is 23.1 Å². The van der Waals surface area contributed by atoms with Crippen LogP contribution in [0.15, 0.2) is 17.2 Å². The summed E-state index contributed by atoms with van der Waals surface area (Å²) in [6.07, 6.45) is 6.95. The molecule has 5 rings (SSSR count). The lowest BCUT2D eigenvalue weighted by atomic mass is 9.99. The number of rotatable bonds is 3. The van der Waals surface area contributed by atoms with E-state index in [-0.39, 0.29) is 23.9 Å². The molecule has 1 unspecified atom stereocenters. The second-order valence-electron chi connectivity index (χ2n) is 8.55. The number of hydrogen-bond acceptors (Lipinski definition) is 6. The van der Waals surface area contributed by atoms with Gasteiger partial charge in [0, 0.05) is 5.69 Å². The third-order valence-electron chi connectivity index (χ3n) is 6.00. The van der Waals surface area contributed by atoms with Crippen LogP contribution in [0.25, 0.3) is 0 Å². The number of urea groups is 1. The van der Waals surface area contributed by atoms with Crippen LogP contribution in [-0.2, 0) is 42.3 Å². The molecular formula is C20H24N4O5S. The van der Waals surface area contributed by atoms with E-state index in [1.807, 2.05) is 0 Å². The van der Waals surface area contributed by atoms with Gasteiger partial charge in [0.25, 0.3) is 10.0 Å². The van der Waals surface area contributed by atoms with Crippen LogP contribution in [0, 0.1) is 0 Å². The number of benzene rings is 1. The Balaban J connectivity index is 1.39. The standard InChI is InChI=1S/C20H24N4O5S/c1-20(26)10-24-18(29-11-20)16(9-21-24)30(27,28)23-19(25)22-17-14-6-2-4-12(14)8-13-5-3-7-15(13)17/h8-9,26H,2-7,10-11H2,1H3,(H2,22,23,25). The third kappa shape index (κ3) is 3.24. The monoisotopic (exact) mass is 432 g/mol. The molecule has 2 amide bonds. The van der Waals surface area contributed by atoms with Crippen LogP contribution in [0.3, 0.4) is 0 Å². The van der Waals surface area contributed by atoms with Gasteiger partial charge in [0.05, 0.1) is 12.7 Å². The van der Waals surface area contributed by atoms with E-state index in [0.29, 0.717) is 0 Å². The van der Waals surface area contributed by atoms with Gasteiger partial charge in [0.1, 0.15) is 12.2 Å². The lowest BCUT2D eigenvalue weighted by Crippen LogP contribution is -2.42. The van der Waals surface area contributed by atoms with E-state index in [4.69, 9.17) is 4.74 Å². The third-order valence-corrected chi connectivity index (χ3v) is 7.31. The summed E-state index contributed by atoms with van der Waals surface area (Å²) < 4.78 is 34.4. The van der Waals surface area contributed by atoms with Crippen LogP contribution in [0.5, 0.6) is 5.88 Å². The van der Waals surface area contributed by atoms with Crippen molar-refractivity contribution in [1.82, 2.24) is 14.5 Å². The Bertz CT molecular complexity index is 1120. The van der Waals surface area contributed by atoms with E-state index in [2.05, 4.69) is 21.2 Å². The number of ether oxygens (including phenoxy) is 1. The molecule has 9 nitrogen and oxygen atoms in total. The summed E-state index contributed by atoms with van der Waals surface area (Å²) in [5.74, 6) is 0.0170. The highest BCUT2D eigenvalue weighted by atomic mass is 32.2. The normalized spacial score (nSPS) is 22.1. The van der Waals surface area contributed by atoms with Crippen molar-refractivity contribution in [1.29, 1.82) is 0 Å². The minimum absolute atomic E-state index is 0.0170. The summed E-state index contributed by atoms with van der Waals surface area (Å²) in [7, 11) is -4.20. The topological polar surface area (TPSA) is 123 Å². The number of carbonyl (C=O) groups excluding carboxylic acids is 1. The molecule has 2 aromatic rings. The van der Waals surface area contributed by atoms with Crippen LogP contribution in [0.4, 0.5) is 10.5 Å². The molecule has 0 spiro atoms. The van der Waals surface area contributed by atoms with Gasteiger partial charge in [0.2, 0.25) is 5.88 Å². The van der Waals surface area contributed by atoms with Gasteiger partial charge in [-0.1, -0.05) is 6.07 Å². The van der Waals surface area contributed by atoms with Gasteiger partial charge >= 0.3 is 6.03 Å².